The standard InChI is InChI=1S/C15H15N3O2S/c1-20-7-6-18-13(9-14(19)17-15(18)21)11-2-3-12-10(8-11)4-5-16-12/h2-5,8-9,16H,6-7H2,1H3,(H,17,19,21). The lowest BCUT2D eigenvalue weighted by atomic mass is 10.1. The number of nitrogens with zero attached hydrogens (tertiary/aromatic N) is 1. The minimum Gasteiger partial charge on any atom is -0.383 e. The van der Waals surface area contributed by atoms with Crippen molar-refractivity contribution in [1.82, 2.24) is 14.5 Å². The Balaban J connectivity index is 2.19. The SMILES string of the molecule is COCCn1c(-c2ccc3[nH]ccc3c2)cc(=O)[nH]c1=S. The second-order valence-electron chi connectivity index (χ2n) is 4.75. The Morgan fingerprint density at radius 3 is 2.95 bits per heavy atom. The normalized spacial score (nSPS) is 11.1. The molecule has 0 aliphatic carbocycles. The monoisotopic (exact) mass is 301 g/mol. The van der Waals surface area contributed by atoms with Gasteiger partial charge in [-0.05, 0) is 36.0 Å². The molecule has 2 aromatic heterocycles. The highest BCUT2D eigenvalue weighted by Gasteiger charge is 2.08. The minimum atomic E-state index is -0.196. The molecule has 0 saturated heterocycles. The average Bonchev–Trinajstić information content (AvgIpc) is 2.93. The highest BCUT2D eigenvalue weighted by atomic mass is 32.1. The molecule has 108 valence electrons. The van der Waals surface area contributed by atoms with Gasteiger partial charge in [-0.25, -0.2) is 0 Å². The van der Waals surface area contributed by atoms with E-state index in [2.05, 4.69) is 9.97 Å². The number of rotatable bonds is 4. The van der Waals surface area contributed by atoms with E-state index < -0.39 is 0 Å². The molecular weight excluding hydrogens is 286 g/mol. The third-order valence-electron chi connectivity index (χ3n) is 3.40. The van der Waals surface area contributed by atoms with Crippen LogP contribution in [-0.4, -0.2) is 28.3 Å². The van der Waals surface area contributed by atoms with Crippen molar-refractivity contribution in [3.8, 4) is 11.3 Å². The van der Waals surface area contributed by atoms with Crippen LogP contribution in [0.1, 0.15) is 0 Å². The molecule has 0 spiro atoms. The summed E-state index contributed by atoms with van der Waals surface area (Å²) in [4.78, 5) is 17.6. The van der Waals surface area contributed by atoms with Crippen molar-refractivity contribution in [3.63, 3.8) is 0 Å². The maximum absolute atomic E-state index is 11.8. The number of H-pyrrole nitrogens is 2. The summed E-state index contributed by atoms with van der Waals surface area (Å²) in [6.45, 7) is 1.12. The predicted molar refractivity (Wildman–Crippen MR) is 85.1 cm³/mol. The van der Waals surface area contributed by atoms with Crippen molar-refractivity contribution in [2.45, 2.75) is 6.54 Å². The highest BCUT2D eigenvalue weighted by molar-refractivity contribution is 7.71. The van der Waals surface area contributed by atoms with E-state index in [1.807, 2.05) is 35.0 Å². The van der Waals surface area contributed by atoms with E-state index in [4.69, 9.17) is 17.0 Å². The zero-order chi connectivity index (χ0) is 14.8. The molecule has 0 radical (unpaired) electrons. The van der Waals surface area contributed by atoms with Gasteiger partial charge in [0.25, 0.3) is 5.56 Å². The van der Waals surface area contributed by atoms with Crippen molar-refractivity contribution in [2.75, 3.05) is 13.7 Å². The summed E-state index contributed by atoms with van der Waals surface area (Å²) in [6, 6.07) is 9.58. The van der Waals surface area contributed by atoms with Gasteiger partial charge in [0.05, 0.1) is 12.3 Å². The highest BCUT2D eigenvalue weighted by Crippen LogP contribution is 2.23. The Kier molecular flexibility index (Phi) is 3.72. The summed E-state index contributed by atoms with van der Waals surface area (Å²) in [5.74, 6) is 0. The van der Waals surface area contributed by atoms with Gasteiger partial charge in [-0.15, -0.1) is 0 Å². The first kappa shape index (κ1) is 13.8. The van der Waals surface area contributed by atoms with E-state index in [9.17, 15) is 4.79 Å². The van der Waals surface area contributed by atoms with E-state index in [1.54, 1.807) is 13.2 Å². The predicted octanol–water partition coefficient (Wildman–Crippen LogP) is 2.70. The van der Waals surface area contributed by atoms with E-state index in [1.165, 1.54) is 0 Å². The number of hydrogen-bond donors (Lipinski definition) is 2. The summed E-state index contributed by atoms with van der Waals surface area (Å²) in [5.41, 5.74) is 2.61. The molecule has 0 bridgehead atoms. The molecule has 6 heteroatoms. The topological polar surface area (TPSA) is 62.8 Å². The lowest BCUT2D eigenvalue weighted by Gasteiger charge is -2.13. The van der Waals surface area contributed by atoms with Gasteiger partial charge < -0.3 is 14.3 Å². The molecule has 5 nitrogen and oxygen atoms in total. The first-order valence-corrected chi connectivity index (χ1v) is 7.00. The van der Waals surface area contributed by atoms with Crippen molar-refractivity contribution in [2.24, 2.45) is 0 Å². The summed E-state index contributed by atoms with van der Waals surface area (Å²) < 4.78 is 7.40. The van der Waals surface area contributed by atoms with E-state index >= 15 is 0 Å². The Morgan fingerprint density at radius 1 is 1.29 bits per heavy atom. The lowest BCUT2D eigenvalue weighted by Crippen LogP contribution is -2.16. The zero-order valence-corrected chi connectivity index (χ0v) is 12.4. The second-order valence-corrected chi connectivity index (χ2v) is 5.13. The van der Waals surface area contributed by atoms with Crippen molar-refractivity contribution < 1.29 is 4.74 Å². The van der Waals surface area contributed by atoms with Crippen molar-refractivity contribution >= 4 is 23.1 Å². The number of methoxy groups -OCH3 is 1. The molecule has 0 unspecified atom stereocenters. The smallest absolute Gasteiger partial charge is 0.252 e. The number of aromatic nitrogens is 3. The molecule has 1 aromatic carbocycles. The molecule has 2 N–H and O–H groups in total. The van der Waals surface area contributed by atoms with Crippen LogP contribution < -0.4 is 5.56 Å². The number of ether oxygens (including phenoxy) is 1. The maximum atomic E-state index is 11.8. The van der Waals surface area contributed by atoms with Crippen LogP contribution in [0.3, 0.4) is 0 Å². The molecular formula is C15H15N3O2S. The van der Waals surface area contributed by atoms with Crippen LogP contribution in [0.4, 0.5) is 0 Å². The largest absolute Gasteiger partial charge is 0.383 e. The fourth-order valence-electron chi connectivity index (χ4n) is 2.38. The lowest BCUT2D eigenvalue weighted by molar-refractivity contribution is 0.187. The van der Waals surface area contributed by atoms with Gasteiger partial charge in [0.2, 0.25) is 0 Å². The van der Waals surface area contributed by atoms with Gasteiger partial charge in [-0.3, -0.25) is 9.78 Å². The molecule has 3 aromatic rings. The average molecular weight is 301 g/mol. The van der Waals surface area contributed by atoms with Gasteiger partial charge in [0.1, 0.15) is 0 Å². The Bertz CT molecular complexity index is 892. The van der Waals surface area contributed by atoms with E-state index in [0.717, 1.165) is 22.2 Å². The van der Waals surface area contributed by atoms with Crippen LogP contribution in [0.5, 0.6) is 0 Å². The van der Waals surface area contributed by atoms with Gasteiger partial charge in [-0.1, -0.05) is 6.07 Å². The maximum Gasteiger partial charge on any atom is 0.252 e. The number of fused-ring (bicyclic) bond motifs is 1. The van der Waals surface area contributed by atoms with Crippen LogP contribution in [0, 0.1) is 4.77 Å². The van der Waals surface area contributed by atoms with Gasteiger partial charge in [0.15, 0.2) is 4.77 Å². The first-order chi connectivity index (χ1) is 10.2. The number of aromatic amines is 2. The molecule has 2 heterocycles. The fourth-order valence-corrected chi connectivity index (χ4v) is 2.67. The van der Waals surface area contributed by atoms with Crippen LogP contribution in [0.2, 0.25) is 0 Å². The van der Waals surface area contributed by atoms with Gasteiger partial charge in [0, 0.05) is 36.8 Å². The molecule has 0 fully saturated rings. The molecule has 0 amide bonds. The molecule has 21 heavy (non-hydrogen) atoms. The number of nitrogens with one attached hydrogen (secondary N) is 2. The van der Waals surface area contributed by atoms with E-state index in [-0.39, 0.29) is 5.56 Å². The number of benzene rings is 1. The second kappa shape index (κ2) is 5.67. The fraction of sp³-hybridized carbons (Fsp3) is 0.200. The summed E-state index contributed by atoms with van der Waals surface area (Å²) in [5, 5.41) is 1.09. The van der Waals surface area contributed by atoms with Crippen LogP contribution in [0.25, 0.3) is 22.2 Å². The molecule has 0 aliphatic heterocycles. The molecule has 3 rings (SSSR count). The van der Waals surface area contributed by atoms with Gasteiger partial charge in [-0.2, -0.15) is 0 Å². The van der Waals surface area contributed by atoms with E-state index in [0.29, 0.717) is 17.9 Å². The van der Waals surface area contributed by atoms with Crippen LogP contribution in [-0.2, 0) is 11.3 Å². The van der Waals surface area contributed by atoms with Crippen LogP contribution in [0.15, 0.2) is 41.3 Å². The molecule has 0 aliphatic rings. The summed E-state index contributed by atoms with van der Waals surface area (Å²) in [6.07, 6.45) is 1.89. The molecule has 0 saturated carbocycles. The van der Waals surface area contributed by atoms with Crippen LogP contribution >= 0.6 is 12.2 Å². The Morgan fingerprint density at radius 2 is 2.14 bits per heavy atom. The zero-order valence-electron chi connectivity index (χ0n) is 11.6. The van der Waals surface area contributed by atoms with Crippen molar-refractivity contribution in [3.05, 3.63) is 51.7 Å². The van der Waals surface area contributed by atoms with Gasteiger partial charge >= 0.3 is 0 Å². The summed E-state index contributed by atoms with van der Waals surface area (Å²) >= 11 is 5.27. The first-order valence-electron chi connectivity index (χ1n) is 6.59. The number of hydrogen-bond acceptors (Lipinski definition) is 3. The third kappa shape index (κ3) is 2.68. The minimum absolute atomic E-state index is 0.196. The summed E-state index contributed by atoms with van der Waals surface area (Å²) in [7, 11) is 1.64. The Labute approximate surface area is 126 Å². The third-order valence-corrected chi connectivity index (χ3v) is 3.72. The quantitative estimate of drug-likeness (QED) is 0.728. The van der Waals surface area contributed by atoms with Crippen molar-refractivity contribution in [1.29, 1.82) is 0 Å². The molecule has 0 atom stereocenters. The Hall–Kier alpha value is -2.18.